The van der Waals surface area contributed by atoms with Crippen LogP contribution in [0.5, 0.6) is 0 Å². The largest absolute Gasteiger partial charge is 0.417 e. The molecule has 2 aromatic rings. The molecule has 8 nitrogen and oxygen atoms in total. The van der Waals surface area contributed by atoms with Gasteiger partial charge in [0.25, 0.3) is 0 Å². The van der Waals surface area contributed by atoms with E-state index >= 15 is 0 Å². The second-order valence-corrected chi connectivity index (χ2v) is 6.94. The molecule has 1 saturated heterocycles. The highest BCUT2D eigenvalue weighted by Gasteiger charge is 2.33. The topological polar surface area (TPSA) is 91.5 Å². The molecular formula is C17H22ClF3IN7O. The first-order chi connectivity index (χ1) is 13.8. The zero-order valence-electron chi connectivity index (χ0n) is 16.3. The van der Waals surface area contributed by atoms with Gasteiger partial charge in [0.15, 0.2) is 11.8 Å². The number of hydrogen-bond donors (Lipinski definition) is 2. The van der Waals surface area contributed by atoms with Crippen molar-refractivity contribution in [2.24, 2.45) is 4.99 Å². The summed E-state index contributed by atoms with van der Waals surface area (Å²) in [5.74, 6) is 1.88. The number of anilines is 1. The van der Waals surface area contributed by atoms with E-state index < -0.39 is 11.7 Å². The first kappa shape index (κ1) is 24.4. The van der Waals surface area contributed by atoms with E-state index in [0.717, 1.165) is 18.7 Å². The normalized spacial score (nSPS) is 17.1. The van der Waals surface area contributed by atoms with Crippen LogP contribution in [0.15, 0.2) is 21.8 Å². The number of nitrogens with one attached hydrogen (secondary N) is 2. The Bertz CT molecular complexity index is 877. The smallest absolute Gasteiger partial charge is 0.357 e. The fraction of sp³-hybridized carbons (Fsp3) is 0.529. The third-order valence-electron chi connectivity index (χ3n) is 4.27. The van der Waals surface area contributed by atoms with Gasteiger partial charge in [-0.05, 0) is 19.4 Å². The molecule has 1 aliphatic rings. The predicted molar refractivity (Wildman–Crippen MR) is 117 cm³/mol. The Balaban J connectivity index is 0.00000320. The minimum atomic E-state index is -4.47. The Morgan fingerprint density at radius 1 is 1.43 bits per heavy atom. The highest BCUT2D eigenvalue weighted by atomic mass is 127. The van der Waals surface area contributed by atoms with Gasteiger partial charge in [0.05, 0.1) is 10.6 Å². The lowest BCUT2D eigenvalue weighted by atomic mass is 10.2. The molecule has 0 saturated carbocycles. The van der Waals surface area contributed by atoms with Crippen molar-refractivity contribution in [2.45, 2.75) is 39.0 Å². The maximum atomic E-state index is 12.8. The van der Waals surface area contributed by atoms with Crippen molar-refractivity contribution < 1.29 is 17.7 Å². The average molecular weight is 560 g/mol. The lowest BCUT2D eigenvalue weighted by Crippen LogP contribution is -2.44. The summed E-state index contributed by atoms with van der Waals surface area (Å²) in [5, 5.41) is 10.2. The highest BCUT2D eigenvalue weighted by Crippen LogP contribution is 2.34. The molecule has 0 radical (unpaired) electrons. The molecule has 13 heteroatoms. The van der Waals surface area contributed by atoms with Crippen molar-refractivity contribution in [3.8, 4) is 0 Å². The van der Waals surface area contributed by atoms with E-state index in [1.54, 1.807) is 6.92 Å². The van der Waals surface area contributed by atoms with Gasteiger partial charge in [-0.2, -0.15) is 18.2 Å². The number of aliphatic imine (C=N–C) groups is 1. The summed E-state index contributed by atoms with van der Waals surface area (Å²) in [5.41, 5.74) is -0.863. The van der Waals surface area contributed by atoms with Crippen molar-refractivity contribution in [3.63, 3.8) is 0 Å². The summed E-state index contributed by atoms with van der Waals surface area (Å²) in [6.45, 7) is 5.72. The second-order valence-electron chi connectivity index (χ2n) is 6.53. The van der Waals surface area contributed by atoms with Gasteiger partial charge in [0, 0.05) is 38.8 Å². The molecule has 0 aromatic carbocycles. The Kier molecular flexibility index (Phi) is 8.52. The van der Waals surface area contributed by atoms with Gasteiger partial charge in [0.1, 0.15) is 12.4 Å². The maximum Gasteiger partial charge on any atom is 0.417 e. The molecular weight excluding hydrogens is 538 g/mol. The van der Waals surface area contributed by atoms with Crippen molar-refractivity contribution in [2.75, 3.05) is 24.5 Å². The first-order valence-corrected chi connectivity index (χ1v) is 9.45. The number of halogens is 5. The molecule has 0 aliphatic carbocycles. The minimum Gasteiger partial charge on any atom is -0.357 e. The third kappa shape index (κ3) is 6.33. The first-order valence-electron chi connectivity index (χ1n) is 9.08. The Labute approximate surface area is 193 Å². The van der Waals surface area contributed by atoms with Crippen molar-refractivity contribution >= 4 is 47.4 Å². The quantitative estimate of drug-likeness (QED) is 0.330. The summed E-state index contributed by atoms with van der Waals surface area (Å²) in [4.78, 5) is 14.3. The van der Waals surface area contributed by atoms with E-state index in [9.17, 15) is 13.2 Å². The van der Waals surface area contributed by atoms with Crippen LogP contribution in [0.2, 0.25) is 5.02 Å². The molecule has 2 N–H and O–H groups in total. The van der Waals surface area contributed by atoms with E-state index in [1.807, 2.05) is 11.8 Å². The minimum absolute atomic E-state index is 0. The fourth-order valence-corrected chi connectivity index (χ4v) is 3.24. The fourth-order valence-electron chi connectivity index (χ4n) is 2.96. The van der Waals surface area contributed by atoms with Crippen LogP contribution in [0.1, 0.15) is 30.6 Å². The Hall–Kier alpha value is -1.83. The number of pyridine rings is 1. The van der Waals surface area contributed by atoms with Gasteiger partial charge in [-0.3, -0.25) is 0 Å². The van der Waals surface area contributed by atoms with Crippen molar-refractivity contribution in [1.82, 2.24) is 25.8 Å². The molecule has 166 valence electrons. The molecule has 0 spiro atoms. The number of guanidine groups is 1. The van der Waals surface area contributed by atoms with Crippen LogP contribution in [-0.4, -0.2) is 46.8 Å². The van der Waals surface area contributed by atoms with Crippen molar-refractivity contribution in [3.05, 3.63) is 34.6 Å². The van der Waals surface area contributed by atoms with Gasteiger partial charge >= 0.3 is 6.18 Å². The zero-order chi connectivity index (χ0) is 21.0. The van der Waals surface area contributed by atoms with Crippen LogP contribution >= 0.6 is 35.6 Å². The van der Waals surface area contributed by atoms with E-state index in [4.69, 9.17) is 16.1 Å². The molecule has 1 aliphatic heterocycles. The average Bonchev–Trinajstić information content (AvgIpc) is 3.28. The maximum absolute atomic E-state index is 12.8. The van der Waals surface area contributed by atoms with E-state index in [2.05, 4.69) is 30.8 Å². The zero-order valence-corrected chi connectivity index (χ0v) is 19.4. The number of alkyl halides is 3. The summed E-state index contributed by atoms with van der Waals surface area (Å²) >= 11 is 6.05. The summed E-state index contributed by atoms with van der Waals surface area (Å²) in [6.07, 6.45) is -2.91. The van der Waals surface area contributed by atoms with Gasteiger partial charge in [-0.15, -0.1) is 24.0 Å². The van der Waals surface area contributed by atoms with Crippen LogP contribution in [0.25, 0.3) is 0 Å². The van der Waals surface area contributed by atoms with E-state index in [1.165, 1.54) is 0 Å². The molecule has 2 aromatic heterocycles. The van der Waals surface area contributed by atoms with E-state index in [0.29, 0.717) is 43.1 Å². The number of aryl methyl sites for hydroxylation is 1. The summed E-state index contributed by atoms with van der Waals surface area (Å²) in [6, 6.07) is 0.934. The number of rotatable bonds is 5. The second kappa shape index (κ2) is 10.5. The SMILES string of the molecule is CCNC(=NCc1noc(C)n1)NC1CCN(c2ncc(C(F)(F)F)cc2Cl)C1.I. The molecule has 3 rings (SSSR count). The van der Waals surface area contributed by atoms with Crippen LogP contribution in [0.4, 0.5) is 19.0 Å². The molecule has 30 heavy (non-hydrogen) atoms. The Morgan fingerprint density at radius 2 is 2.20 bits per heavy atom. The molecule has 1 fully saturated rings. The number of aromatic nitrogens is 3. The molecule has 3 heterocycles. The number of nitrogens with zero attached hydrogens (tertiary/aromatic N) is 5. The molecule has 0 bridgehead atoms. The van der Waals surface area contributed by atoms with Crippen molar-refractivity contribution in [1.29, 1.82) is 0 Å². The van der Waals surface area contributed by atoms with E-state index in [-0.39, 0.29) is 41.6 Å². The van der Waals surface area contributed by atoms with Crippen LogP contribution < -0.4 is 15.5 Å². The van der Waals surface area contributed by atoms with Gasteiger partial charge in [-0.1, -0.05) is 16.8 Å². The Morgan fingerprint density at radius 3 is 2.80 bits per heavy atom. The predicted octanol–water partition coefficient (Wildman–Crippen LogP) is 3.40. The van der Waals surface area contributed by atoms with Gasteiger partial charge in [0.2, 0.25) is 5.89 Å². The lowest BCUT2D eigenvalue weighted by molar-refractivity contribution is -0.137. The molecule has 0 amide bonds. The number of hydrogen-bond acceptors (Lipinski definition) is 6. The third-order valence-corrected chi connectivity index (χ3v) is 4.55. The standard InChI is InChI=1S/C17H21ClF3N7O.HI/c1-3-22-16(24-8-14-25-10(2)29-27-14)26-12-4-5-28(9-12)15-13(18)6-11(7-23-15)17(19,20)21;/h6-7,12H,3-5,8-9H2,1-2H3,(H2,22,24,26);1H. The van der Waals surface area contributed by atoms with Gasteiger partial charge in [-0.25, -0.2) is 9.98 Å². The van der Waals surface area contributed by atoms with Gasteiger partial charge < -0.3 is 20.1 Å². The highest BCUT2D eigenvalue weighted by molar-refractivity contribution is 14.0. The van der Waals surface area contributed by atoms with Crippen LogP contribution in [-0.2, 0) is 12.7 Å². The summed E-state index contributed by atoms with van der Waals surface area (Å²) in [7, 11) is 0. The molecule has 1 unspecified atom stereocenters. The van der Waals surface area contributed by atoms with Crippen LogP contribution in [0, 0.1) is 6.92 Å². The lowest BCUT2D eigenvalue weighted by Gasteiger charge is -2.21. The monoisotopic (exact) mass is 559 g/mol. The molecule has 1 atom stereocenters. The summed E-state index contributed by atoms with van der Waals surface area (Å²) < 4.78 is 43.3. The van der Waals surface area contributed by atoms with Crippen LogP contribution in [0.3, 0.4) is 0 Å².